The van der Waals surface area contributed by atoms with E-state index in [-0.39, 0.29) is 48.5 Å². The van der Waals surface area contributed by atoms with E-state index < -0.39 is 40.0 Å². The van der Waals surface area contributed by atoms with E-state index in [0.29, 0.717) is 5.69 Å². The number of nitrogens with one attached hydrogen (secondary N) is 2. The zero-order valence-electron chi connectivity index (χ0n) is 22.7. The standard InChI is InChI=1S/C28H30F3N5O4S/c1-16-6-4-7-17(2)25(16)23-12-24-34-27(33-23)35-41(38,39)22-9-5-8-20(11-22)32-26(37)19-10-21(40-24)15-36(14-19)13-18(3)28(29,30)31/h4-9,11-12,18-19,21H,10,13-15H2,1-3H3,(H,32,37)(H,33,34,35)/t18?,19-,21+/m1/s1. The zero-order chi connectivity index (χ0) is 29.5. The molecule has 1 unspecified atom stereocenters. The van der Waals surface area contributed by atoms with Gasteiger partial charge < -0.3 is 10.1 Å². The number of nitrogens with zero attached hydrogens (tertiary/aromatic N) is 3. The summed E-state index contributed by atoms with van der Waals surface area (Å²) in [6.45, 7) is 4.83. The summed E-state index contributed by atoms with van der Waals surface area (Å²) in [6, 6.07) is 13.0. The maximum Gasteiger partial charge on any atom is 0.392 e. The number of piperidine rings is 1. The number of halogens is 3. The van der Waals surface area contributed by atoms with E-state index in [1.807, 2.05) is 32.0 Å². The van der Waals surface area contributed by atoms with Crippen molar-refractivity contribution in [2.24, 2.45) is 11.8 Å². The Morgan fingerprint density at radius 1 is 1.07 bits per heavy atom. The predicted octanol–water partition coefficient (Wildman–Crippen LogP) is 4.78. The number of alkyl halides is 3. The molecule has 1 aromatic heterocycles. The van der Waals surface area contributed by atoms with Crippen LogP contribution in [0.25, 0.3) is 11.3 Å². The molecule has 1 amide bonds. The normalized spacial score (nSPS) is 21.6. The van der Waals surface area contributed by atoms with Crippen LogP contribution in [0, 0.1) is 25.7 Å². The Labute approximate surface area is 236 Å². The maximum absolute atomic E-state index is 13.4. The number of carbonyl (C=O) groups is 1. The van der Waals surface area contributed by atoms with Crippen LogP contribution in [-0.4, -0.2) is 61.1 Å². The molecule has 9 nitrogen and oxygen atoms in total. The fourth-order valence-corrected chi connectivity index (χ4v) is 6.26. The van der Waals surface area contributed by atoms with Gasteiger partial charge in [-0.1, -0.05) is 31.2 Å². The topological polar surface area (TPSA) is 114 Å². The number of aryl methyl sites for hydroxylation is 2. The minimum Gasteiger partial charge on any atom is -0.473 e. The molecule has 218 valence electrons. The lowest BCUT2D eigenvalue weighted by atomic mass is 9.93. The molecule has 3 aromatic rings. The van der Waals surface area contributed by atoms with Crippen LogP contribution in [0.15, 0.2) is 53.4 Å². The highest BCUT2D eigenvalue weighted by Gasteiger charge is 2.40. The summed E-state index contributed by atoms with van der Waals surface area (Å²) in [7, 11) is -4.16. The third-order valence-electron chi connectivity index (χ3n) is 7.31. The molecule has 0 saturated carbocycles. The molecular formula is C28H30F3N5O4S. The first-order valence-electron chi connectivity index (χ1n) is 13.1. The van der Waals surface area contributed by atoms with E-state index in [4.69, 9.17) is 4.74 Å². The number of ether oxygens (including phenoxy) is 1. The van der Waals surface area contributed by atoms with Crippen molar-refractivity contribution in [1.29, 1.82) is 0 Å². The first-order valence-corrected chi connectivity index (χ1v) is 14.6. The first kappa shape index (κ1) is 28.8. The summed E-state index contributed by atoms with van der Waals surface area (Å²) in [5.41, 5.74) is 3.21. The molecule has 0 spiro atoms. The van der Waals surface area contributed by atoms with Crippen LogP contribution in [0.1, 0.15) is 24.5 Å². The number of hydrogen-bond acceptors (Lipinski definition) is 7. The second-order valence-corrected chi connectivity index (χ2v) is 12.3. The smallest absolute Gasteiger partial charge is 0.392 e. The number of benzene rings is 2. The van der Waals surface area contributed by atoms with E-state index in [2.05, 4.69) is 20.0 Å². The molecule has 1 saturated heterocycles. The molecule has 3 heterocycles. The third-order valence-corrected chi connectivity index (χ3v) is 8.64. The number of sulfonamides is 1. The van der Waals surface area contributed by atoms with Crippen LogP contribution in [0.4, 0.5) is 24.8 Å². The number of hydrogen-bond donors (Lipinski definition) is 2. The van der Waals surface area contributed by atoms with Gasteiger partial charge in [0, 0.05) is 37.0 Å². The van der Waals surface area contributed by atoms with Crippen LogP contribution in [0.2, 0.25) is 0 Å². The zero-order valence-corrected chi connectivity index (χ0v) is 23.5. The Balaban J connectivity index is 1.60. The Hall–Kier alpha value is -3.71. The fraction of sp³-hybridized carbons (Fsp3) is 0.393. The molecule has 0 aliphatic carbocycles. The van der Waals surface area contributed by atoms with Gasteiger partial charge in [-0.2, -0.15) is 18.2 Å². The third kappa shape index (κ3) is 6.46. The summed E-state index contributed by atoms with van der Waals surface area (Å²) in [5, 5.41) is 2.72. The Bertz CT molecular complexity index is 1560. The van der Waals surface area contributed by atoms with Crippen LogP contribution >= 0.6 is 0 Å². The van der Waals surface area contributed by atoms with Gasteiger partial charge in [-0.25, -0.2) is 18.1 Å². The van der Waals surface area contributed by atoms with Gasteiger partial charge in [0.1, 0.15) is 6.10 Å². The van der Waals surface area contributed by atoms with Gasteiger partial charge in [-0.15, -0.1) is 0 Å². The van der Waals surface area contributed by atoms with Gasteiger partial charge in [0.15, 0.2) is 0 Å². The second kappa shape index (κ2) is 10.9. The number of fused-ring (bicyclic) bond motifs is 6. The summed E-state index contributed by atoms with van der Waals surface area (Å²) in [5.74, 6) is -2.95. The highest BCUT2D eigenvalue weighted by molar-refractivity contribution is 7.92. The van der Waals surface area contributed by atoms with Crippen molar-refractivity contribution < 1.29 is 31.1 Å². The molecule has 5 rings (SSSR count). The first-order chi connectivity index (χ1) is 19.3. The molecule has 2 aromatic carbocycles. The molecule has 1 fully saturated rings. The Kier molecular flexibility index (Phi) is 7.68. The quantitative estimate of drug-likeness (QED) is 0.452. The van der Waals surface area contributed by atoms with E-state index in [1.54, 1.807) is 17.0 Å². The van der Waals surface area contributed by atoms with Crippen LogP contribution < -0.4 is 14.8 Å². The molecule has 3 atom stereocenters. The fourth-order valence-electron chi connectivity index (χ4n) is 5.27. The van der Waals surface area contributed by atoms with E-state index in [0.717, 1.165) is 23.6 Å². The lowest BCUT2D eigenvalue weighted by Gasteiger charge is -2.38. The van der Waals surface area contributed by atoms with Crippen molar-refractivity contribution in [2.75, 3.05) is 29.7 Å². The minimum absolute atomic E-state index is 0.0380. The average molecular weight is 590 g/mol. The summed E-state index contributed by atoms with van der Waals surface area (Å²) in [6.07, 6.45) is -4.85. The number of aromatic nitrogens is 2. The number of carbonyl (C=O) groups excluding carboxylic acids is 1. The lowest BCUT2D eigenvalue weighted by molar-refractivity contribution is -0.176. The maximum atomic E-state index is 13.4. The van der Waals surface area contributed by atoms with Gasteiger partial charge in [-0.05, 0) is 49.6 Å². The molecule has 2 aliphatic heterocycles. The summed E-state index contributed by atoms with van der Waals surface area (Å²) >= 11 is 0. The van der Waals surface area contributed by atoms with Crippen molar-refractivity contribution in [3.8, 4) is 17.1 Å². The Morgan fingerprint density at radius 2 is 1.78 bits per heavy atom. The average Bonchev–Trinajstić information content (AvgIpc) is 2.87. The van der Waals surface area contributed by atoms with Crippen molar-refractivity contribution in [3.05, 3.63) is 59.7 Å². The van der Waals surface area contributed by atoms with Crippen molar-refractivity contribution in [2.45, 2.75) is 44.4 Å². The minimum atomic E-state index is -4.39. The van der Waals surface area contributed by atoms with Gasteiger partial charge in [-0.3, -0.25) is 9.69 Å². The van der Waals surface area contributed by atoms with Crippen molar-refractivity contribution in [3.63, 3.8) is 0 Å². The predicted molar refractivity (Wildman–Crippen MR) is 147 cm³/mol. The largest absolute Gasteiger partial charge is 0.473 e. The molecule has 13 heteroatoms. The van der Waals surface area contributed by atoms with Crippen LogP contribution in [0.5, 0.6) is 5.88 Å². The SMILES string of the molecule is Cc1cccc(C)c1-c1cc2nc(n1)NS(=O)(=O)c1cccc(c1)NC(=O)[C@@H]1C[C@@H](CN(CC(C)C(F)(F)F)C1)O2. The summed E-state index contributed by atoms with van der Waals surface area (Å²) in [4.78, 5) is 23.5. The van der Waals surface area contributed by atoms with Crippen LogP contribution in [-0.2, 0) is 14.8 Å². The van der Waals surface area contributed by atoms with E-state index in [1.165, 1.54) is 18.2 Å². The number of anilines is 2. The van der Waals surface area contributed by atoms with Gasteiger partial charge in [0.25, 0.3) is 10.0 Å². The highest BCUT2D eigenvalue weighted by Crippen LogP contribution is 2.33. The highest BCUT2D eigenvalue weighted by atomic mass is 32.2. The Morgan fingerprint density at radius 3 is 2.49 bits per heavy atom. The molecule has 2 aliphatic rings. The van der Waals surface area contributed by atoms with Gasteiger partial charge >= 0.3 is 6.18 Å². The van der Waals surface area contributed by atoms with Gasteiger partial charge in [0.05, 0.1) is 22.4 Å². The molecule has 0 radical (unpaired) electrons. The molecule has 41 heavy (non-hydrogen) atoms. The van der Waals surface area contributed by atoms with Gasteiger partial charge in [0.2, 0.25) is 17.7 Å². The second-order valence-electron chi connectivity index (χ2n) is 10.6. The number of amides is 1. The van der Waals surface area contributed by atoms with E-state index >= 15 is 0 Å². The van der Waals surface area contributed by atoms with E-state index in [9.17, 15) is 26.4 Å². The monoisotopic (exact) mass is 589 g/mol. The molecule has 6 bridgehead atoms. The number of likely N-dealkylation sites (tertiary alicyclic amines) is 1. The van der Waals surface area contributed by atoms with Crippen molar-refractivity contribution >= 4 is 27.6 Å². The summed E-state index contributed by atoms with van der Waals surface area (Å²) < 4.78 is 75.4. The van der Waals surface area contributed by atoms with Crippen LogP contribution in [0.3, 0.4) is 0 Å². The van der Waals surface area contributed by atoms with Crippen molar-refractivity contribution in [1.82, 2.24) is 14.9 Å². The molecule has 2 N–H and O–H groups in total. The number of rotatable bonds is 3. The lowest BCUT2D eigenvalue weighted by Crippen LogP contribution is -2.51. The molecular weight excluding hydrogens is 559 g/mol.